The van der Waals surface area contributed by atoms with Gasteiger partial charge >= 0.3 is 12.2 Å². The molecule has 3 N–H and O–H groups in total. The molecule has 4 aromatic rings. The highest BCUT2D eigenvalue weighted by Gasteiger charge is 2.24. The molecule has 0 saturated heterocycles. The normalized spacial score (nSPS) is 11.7. The Morgan fingerprint density at radius 1 is 1.02 bits per heavy atom. The van der Waals surface area contributed by atoms with Crippen LogP contribution >= 0.6 is 0 Å². The molecule has 52 heavy (non-hydrogen) atoms. The van der Waals surface area contributed by atoms with Crippen LogP contribution in [0.25, 0.3) is 10.9 Å². The number of nitrogens with one attached hydrogen (secondary N) is 2. The fourth-order valence-corrected chi connectivity index (χ4v) is 4.99. The lowest BCUT2D eigenvalue weighted by molar-refractivity contribution is -0.123. The quantitative estimate of drug-likeness (QED) is 0.118. The summed E-state index contributed by atoms with van der Waals surface area (Å²) in [6, 6.07) is 7.64. The lowest BCUT2D eigenvalue weighted by Crippen LogP contribution is -2.45. The van der Waals surface area contributed by atoms with Gasteiger partial charge in [0.1, 0.15) is 53.7 Å². The van der Waals surface area contributed by atoms with E-state index in [1.54, 1.807) is 14.1 Å². The Morgan fingerprint density at radius 2 is 1.79 bits per heavy atom. The topological polar surface area (TPSA) is 170 Å². The number of carboxylic acid groups (broad SMARTS) is 1. The fourth-order valence-electron chi connectivity index (χ4n) is 4.99. The maximum atomic E-state index is 14.6. The van der Waals surface area contributed by atoms with Crippen LogP contribution in [0.4, 0.5) is 28.4 Å². The Bertz CT molecular complexity index is 2040. The fraction of sp³-hybridized carbons (Fsp3) is 0.286. The second kappa shape index (κ2) is 17.7. The van der Waals surface area contributed by atoms with Crippen molar-refractivity contribution in [1.82, 2.24) is 19.4 Å². The zero-order chi connectivity index (χ0) is 37.9. The molecule has 0 aliphatic carbocycles. The van der Waals surface area contributed by atoms with E-state index < -0.39 is 53.8 Å². The number of pyridine rings is 1. The maximum absolute atomic E-state index is 14.6. The van der Waals surface area contributed by atoms with Crippen molar-refractivity contribution < 1.29 is 51.7 Å². The average Bonchev–Trinajstić information content (AvgIpc) is 3.45. The third kappa shape index (κ3) is 10.00. The zero-order valence-electron chi connectivity index (χ0n) is 28.4. The first-order valence-corrected chi connectivity index (χ1v) is 15.7. The number of nitrogens with zero attached hydrogens (tertiary/aromatic N) is 3. The molecule has 14 nitrogen and oxygen atoms in total. The molecule has 4 rings (SSSR count). The zero-order valence-corrected chi connectivity index (χ0v) is 28.4. The number of ether oxygens (including phenoxy) is 3. The predicted octanol–water partition coefficient (Wildman–Crippen LogP) is 4.48. The SMILES string of the molecule is COCCOC(=O)NC(CC/C=C/C(=O)N(C)C)C(=O)Nc1cccn(Cc2cc3cc(F)cc(OCc4ccc(F)cc4F)c3n2C(=O)O)c1=O. The number of allylic oxidation sites excluding steroid dienone is 1. The number of alkyl carbamates (subject to hydrolysis) is 1. The van der Waals surface area contributed by atoms with Crippen LogP contribution in [-0.2, 0) is 32.2 Å². The van der Waals surface area contributed by atoms with Gasteiger partial charge in [-0.2, -0.15) is 0 Å². The van der Waals surface area contributed by atoms with Gasteiger partial charge in [0.25, 0.3) is 5.56 Å². The van der Waals surface area contributed by atoms with Crippen LogP contribution in [0.5, 0.6) is 5.75 Å². The van der Waals surface area contributed by atoms with E-state index in [1.807, 2.05) is 0 Å². The molecular weight excluding hydrogens is 691 g/mol. The van der Waals surface area contributed by atoms with Crippen LogP contribution in [-0.4, -0.2) is 83.6 Å². The third-order valence-electron chi connectivity index (χ3n) is 7.55. The molecule has 0 spiro atoms. The lowest BCUT2D eigenvalue weighted by Gasteiger charge is -2.18. The number of halogens is 3. The molecule has 3 amide bonds. The van der Waals surface area contributed by atoms with E-state index >= 15 is 0 Å². The number of carbonyl (C=O) groups excluding carboxylic acids is 3. The molecule has 2 aromatic carbocycles. The van der Waals surface area contributed by atoms with Gasteiger partial charge in [0.2, 0.25) is 11.8 Å². The molecule has 1 atom stereocenters. The maximum Gasteiger partial charge on any atom is 0.416 e. The number of benzene rings is 2. The number of hydrogen-bond acceptors (Lipinski definition) is 8. The largest absolute Gasteiger partial charge is 0.486 e. The number of fused-ring (bicyclic) bond motifs is 1. The van der Waals surface area contributed by atoms with Crippen molar-refractivity contribution in [2.75, 3.05) is 39.7 Å². The standard InChI is InChI=1S/C35H36F3N5O9/c1-41(2)30(44)9-5-4-7-27(40-34(47)51-14-13-50-3)32(45)39-28-8-6-12-42(33(28)46)19-25-16-22-15-24(37)18-29(31(22)43(25)35(48)49)52-20-21-10-11-23(36)17-26(21)38/h5-6,8-12,15-18,27H,4,7,13-14,19-20H2,1-3H3,(H,39,45)(H,40,47)(H,48,49)/b9-5+. The van der Waals surface area contributed by atoms with Crippen molar-refractivity contribution in [3.63, 3.8) is 0 Å². The second-order valence-electron chi connectivity index (χ2n) is 11.5. The summed E-state index contributed by atoms with van der Waals surface area (Å²) in [4.78, 5) is 65.0. The molecule has 0 aliphatic rings. The highest BCUT2D eigenvalue weighted by atomic mass is 19.1. The van der Waals surface area contributed by atoms with E-state index in [9.17, 15) is 42.3 Å². The highest BCUT2D eigenvalue weighted by molar-refractivity contribution is 5.96. The number of likely N-dealkylation sites (N-methyl/N-ethyl adjacent to an activating group) is 1. The highest BCUT2D eigenvalue weighted by Crippen LogP contribution is 2.32. The van der Waals surface area contributed by atoms with Crippen LogP contribution in [0.1, 0.15) is 24.1 Å². The Morgan fingerprint density at radius 3 is 2.48 bits per heavy atom. The summed E-state index contributed by atoms with van der Waals surface area (Å²) in [5.74, 6) is -3.82. The third-order valence-corrected chi connectivity index (χ3v) is 7.55. The van der Waals surface area contributed by atoms with Crippen molar-refractivity contribution in [3.05, 3.63) is 106 Å². The summed E-state index contributed by atoms with van der Waals surface area (Å²) in [5.41, 5.74) is -1.09. The van der Waals surface area contributed by atoms with Gasteiger partial charge in [0.15, 0.2) is 0 Å². The average molecular weight is 728 g/mol. The van der Waals surface area contributed by atoms with Gasteiger partial charge in [0.05, 0.1) is 18.8 Å². The summed E-state index contributed by atoms with van der Waals surface area (Å²) in [6.07, 6.45) is 1.98. The number of anilines is 1. The molecule has 0 aliphatic heterocycles. The first-order chi connectivity index (χ1) is 24.8. The first kappa shape index (κ1) is 38.7. The van der Waals surface area contributed by atoms with Gasteiger partial charge in [-0.1, -0.05) is 6.08 Å². The van der Waals surface area contributed by atoms with Gasteiger partial charge in [-0.3, -0.25) is 14.4 Å². The molecular formula is C35H36F3N5O9. The number of rotatable bonds is 15. The molecule has 0 radical (unpaired) electrons. The van der Waals surface area contributed by atoms with Crippen LogP contribution < -0.4 is 20.9 Å². The minimum Gasteiger partial charge on any atom is -0.486 e. The Hall–Kier alpha value is -6.10. The number of aromatic nitrogens is 2. The number of methoxy groups -OCH3 is 1. The minimum atomic E-state index is -1.50. The molecule has 0 saturated carbocycles. The van der Waals surface area contributed by atoms with E-state index in [0.29, 0.717) is 6.07 Å². The monoisotopic (exact) mass is 727 g/mol. The van der Waals surface area contributed by atoms with E-state index in [-0.39, 0.29) is 72.1 Å². The number of carbonyl (C=O) groups is 4. The van der Waals surface area contributed by atoms with Crippen molar-refractivity contribution in [1.29, 1.82) is 0 Å². The summed E-state index contributed by atoms with van der Waals surface area (Å²) < 4.78 is 59.6. The molecule has 1 unspecified atom stereocenters. The summed E-state index contributed by atoms with van der Waals surface area (Å²) >= 11 is 0. The first-order valence-electron chi connectivity index (χ1n) is 15.7. The van der Waals surface area contributed by atoms with E-state index in [4.69, 9.17) is 14.2 Å². The molecule has 0 bridgehead atoms. The van der Waals surface area contributed by atoms with Crippen LogP contribution in [0, 0.1) is 17.5 Å². The lowest BCUT2D eigenvalue weighted by atomic mass is 10.1. The van der Waals surface area contributed by atoms with Gasteiger partial charge in [-0.25, -0.2) is 27.3 Å². The van der Waals surface area contributed by atoms with Gasteiger partial charge < -0.3 is 39.4 Å². The van der Waals surface area contributed by atoms with E-state index in [0.717, 1.165) is 33.4 Å². The van der Waals surface area contributed by atoms with Gasteiger partial charge in [-0.15, -0.1) is 0 Å². The van der Waals surface area contributed by atoms with E-state index in [2.05, 4.69) is 10.6 Å². The summed E-state index contributed by atoms with van der Waals surface area (Å²) in [5, 5.41) is 15.2. The van der Waals surface area contributed by atoms with Gasteiger partial charge in [-0.05, 0) is 55.3 Å². The Balaban J connectivity index is 1.59. The Kier molecular flexibility index (Phi) is 13.2. The van der Waals surface area contributed by atoms with E-state index in [1.165, 1.54) is 48.6 Å². The molecule has 2 aromatic heterocycles. The number of amides is 3. The van der Waals surface area contributed by atoms with Crippen molar-refractivity contribution >= 4 is 40.6 Å². The van der Waals surface area contributed by atoms with Crippen molar-refractivity contribution in [2.24, 2.45) is 0 Å². The summed E-state index contributed by atoms with van der Waals surface area (Å²) in [7, 11) is 4.56. The molecule has 0 fully saturated rings. The van der Waals surface area contributed by atoms with Crippen molar-refractivity contribution in [3.8, 4) is 5.75 Å². The second-order valence-corrected chi connectivity index (χ2v) is 11.5. The predicted molar refractivity (Wildman–Crippen MR) is 182 cm³/mol. The number of hydrogen-bond donors (Lipinski definition) is 3. The molecule has 276 valence electrons. The smallest absolute Gasteiger partial charge is 0.416 e. The van der Waals surface area contributed by atoms with Crippen LogP contribution in [0.3, 0.4) is 0 Å². The molecule has 2 heterocycles. The Labute approximate surface area is 295 Å². The summed E-state index contributed by atoms with van der Waals surface area (Å²) in [6.45, 7) is -0.812. The minimum absolute atomic E-state index is 0.00824. The van der Waals surface area contributed by atoms with Crippen LogP contribution in [0.2, 0.25) is 0 Å². The van der Waals surface area contributed by atoms with Gasteiger partial charge in [0, 0.05) is 50.5 Å². The van der Waals surface area contributed by atoms with Crippen molar-refractivity contribution in [2.45, 2.75) is 32.0 Å². The molecule has 17 heteroatoms. The van der Waals surface area contributed by atoms with Crippen LogP contribution in [0.15, 0.2) is 71.7 Å².